The maximum Gasteiger partial charge on any atom is 0.244 e. The molecule has 0 heterocycles. The number of aliphatic hydroxyl groups excluding tert-OH is 1. The van der Waals surface area contributed by atoms with Gasteiger partial charge in [0.05, 0.1) is 12.6 Å². The van der Waals surface area contributed by atoms with Crippen molar-refractivity contribution in [1.82, 2.24) is 5.32 Å². The molecule has 0 aromatic heterocycles. The summed E-state index contributed by atoms with van der Waals surface area (Å²) in [6.45, 7) is 3.88. The van der Waals surface area contributed by atoms with Crippen molar-refractivity contribution >= 4 is 12.0 Å². The van der Waals surface area contributed by atoms with Gasteiger partial charge in [0.2, 0.25) is 5.91 Å². The van der Waals surface area contributed by atoms with E-state index in [4.69, 9.17) is 5.11 Å². The van der Waals surface area contributed by atoms with E-state index in [1.54, 1.807) is 6.08 Å². The van der Waals surface area contributed by atoms with Gasteiger partial charge in [0.1, 0.15) is 0 Å². The number of benzene rings is 1. The van der Waals surface area contributed by atoms with Crippen molar-refractivity contribution < 1.29 is 9.90 Å². The standard InChI is InChI=1S/C14H19NO2/c1-11(2)13(10-16)15-14(17)9-8-12-6-4-3-5-7-12/h3-9,11,13,16H,10H2,1-2H3,(H,15,17)/b9-8+/t13-/m0/s1. The highest BCUT2D eigenvalue weighted by atomic mass is 16.3. The van der Waals surface area contributed by atoms with Crippen LogP contribution in [0.5, 0.6) is 0 Å². The van der Waals surface area contributed by atoms with Crippen LogP contribution < -0.4 is 5.32 Å². The van der Waals surface area contributed by atoms with Gasteiger partial charge in [-0.15, -0.1) is 0 Å². The van der Waals surface area contributed by atoms with Crippen LogP contribution >= 0.6 is 0 Å². The molecule has 0 radical (unpaired) electrons. The van der Waals surface area contributed by atoms with Gasteiger partial charge in [-0.05, 0) is 17.6 Å². The average Bonchev–Trinajstić information content (AvgIpc) is 2.34. The lowest BCUT2D eigenvalue weighted by molar-refractivity contribution is -0.117. The second kappa shape index (κ2) is 6.86. The first-order valence-corrected chi connectivity index (χ1v) is 5.78. The molecule has 0 saturated carbocycles. The molecule has 0 aliphatic carbocycles. The Balaban J connectivity index is 2.52. The summed E-state index contributed by atoms with van der Waals surface area (Å²) in [6, 6.07) is 9.43. The molecule has 0 bridgehead atoms. The lowest BCUT2D eigenvalue weighted by atomic mass is 10.1. The van der Waals surface area contributed by atoms with Crippen LogP contribution in [0.25, 0.3) is 6.08 Å². The molecule has 0 saturated heterocycles. The van der Waals surface area contributed by atoms with E-state index in [0.717, 1.165) is 5.56 Å². The Morgan fingerprint density at radius 2 is 2.00 bits per heavy atom. The van der Waals surface area contributed by atoms with Crippen LogP contribution in [0, 0.1) is 5.92 Å². The van der Waals surface area contributed by atoms with Crippen molar-refractivity contribution in [3.8, 4) is 0 Å². The molecule has 1 aromatic carbocycles. The zero-order valence-corrected chi connectivity index (χ0v) is 10.3. The zero-order valence-electron chi connectivity index (χ0n) is 10.3. The summed E-state index contributed by atoms with van der Waals surface area (Å²) >= 11 is 0. The van der Waals surface area contributed by atoms with Gasteiger partial charge in [-0.2, -0.15) is 0 Å². The van der Waals surface area contributed by atoms with Crippen LogP contribution in [0.1, 0.15) is 19.4 Å². The van der Waals surface area contributed by atoms with E-state index < -0.39 is 0 Å². The monoisotopic (exact) mass is 233 g/mol. The van der Waals surface area contributed by atoms with Crippen molar-refractivity contribution in [2.24, 2.45) is 5.92 Å². The van der Waals surface area contributed by atoms with Crippen LogP contribution in [0.3, 0.4) is 0 Å². The Kier molecular flexibility index (Phi) is 5.43. The predicted molar refractivity (Wildman–Crippen MR) is 69.3 cm³/mol. The third-order valence-electron chi connectivity index (χ3n) is 2.56. The van der Waals surface area contributed by atoms with Gasteiger partial charge < -0.3 is 10.4 Å². The molecule has 0 aliphatic rings. The Morgan fingerprint density at radius 3 is 2.53 bits per heavy atom. The van der Waals surface area contributed by atoms with E-state index in [-0.39, 0.29) is 24.5 Å². The Hall–Kier alpha value is -1.61. The van der Waals surface area contributed by atoms with E-state index in [1.165, 1.54) is 6.08 Å². The molecule has 0 aliphatic heterocycles. The summed E-state index contributed by atoms with van der Waals surface area (Å²) < 4.78 is 0. The van der Waals surface area contributed by atoms with Gasteiger partial charge in [0.25, 0.3) is 0 Å². The molecule has 1 amide bonds. The number of nitrogens with one attached hydrogen (secondary N) is 1. The van der Waals surface area contributed by atoms with E-state index in [1.807, 2.05) is 44.2 Å². The number of amides is 1. The van der Waals surface area contributed by atoms with Crippen LogP contribution in [-0.2, 0) is 4.79 Å². The molecule has 0 fully saturated rings. The average molecular weight is 233 g/mol. The normalized spacial score (nSPS) is 12.9. The molecule has 3 nitrogen and oxygen atoms in total. The fourth-order valence-corrected chi connectivity index (χ4v) is 1.39. The summed E-state index contributed by atoms with van der Waals surface area (Å²) in [4.78, 5) is 11.6. The highest BCUT2D eigenvalue weighted by molar-refractivity contribution is 5.91. The maximum atomic E-state index is 11.6. The predicted octanol–water partition coefficient (Wildman–Crippen LogP) is 1.83. The third-order valence-corrected chi connectivity index (χ3v) is 2.56. The van der Waals surface area contributed by atoms with Crippen LogP contribution in [-0.4, -0.2) is 23.7 Å². The van der Waals surface area contributed by atoms with Gasteiger partial charge in [-0.25, -0.2) is 0 Å². The number of hydrogen-bond acceptors (Lipinski definition) is 2. The number of aliphatic hydroxyl groups is 1. The van der Waals surface area contributed by atoms with E-state index in [2.05, 4.69) is 5.32 Å². The van der Waals surface area contributed by atoms with Crippen molar-refractivity contribution in [2.75, 3.05) is 6.61 Å². The Morgan fingerprint density at radius 1 is 1.35 bits per heavy atom. The first-order chi connectivity index (χ1) is 8.13. The first-order valence-electron chi connectivity index (χ1n) is 5.78. The number of hydrogen-bond donors (Lipinski definition) is 2. The fraction of sp³-hybridized carbons (Fsp3) is 0.357. The molecular formula is C14H19NO2. The van der Waals surface area contributed by atoms with Gasteiger partial charge in [0.15, 0.2) is 0 Å². The smallest absolute Gasteiger partial charge is 0.244 e. The summed E-state index contributed by atoms with van der Waals surface area (Å²) in [7, 11) is 0. The van der Waals surface area contributed by atoms with Crippen LogP contribution in [0.15, 0.2) is 36.4 Å². The second-order valence-electron chi connectivity index (χ2n) is 4.29. The molecule has 3 heteroatoms. The highest BCUT2D eigenvalue weighted by Crippen LogP contribution is 2.02. The minimum atomic E-state index is -0.192. The van der Waals surface area contributed by atoms with Crippen molar-refractivity contribution in [1.29, 1.82) is 0 Å². The Labute approximate surface area is 102 Å². The third kappa shape index (κ3) is 4.83. The van der Waals surface area contributed by atoms with Crippen molar-refractivity contribution in [3.63, 3.8) is 0 Å². The lowest BCUT2D eigenvalue weighted by Gasteiger charge is -2.18. The van der Waals surface area contributed by atoms with Gasteiger partial charge in [0, 0.05) is 6.08 Å². The quantitative estimate of drug-likeness (QED) is 0.762. The molecule has 0 spiro atoms. The van der Waals surface area contributed by atoms with Gasteiger partial charge in [-0.1, -0.05) is 44.2 Å². The number of carbonyl (C=O) groups is 1. The van der Waals surface area contributed by atoms with Crippen LogP contribution in [0.2, 0.25) is 0 Å². The summed E-state index contributed by atoms with van der Waals surface area (Å²) in [5, 5.41) is 11.9. The molecular weight excluding hydrogens is 214 g/mol. The molecule has 0 unspecified atom stereocenters. The largest absolute Gasteiger partial charge is 0.394 e. The SMILES string of the molecule is CC(C)[C@H](CO)NC(=O)/C=C/c1ccccc1. The molecule has 2 N–H and O–H groups in total. The van der Waals surface area contributed by atoms with E-state index in [9.17, 15) is 4.79 Å². The molecule has 1 atom stereocenters. The van der Waals surface area contributed by atoms with E-state index >= 15 is 0 Å². The summed E-state index contributed by atoms with van der Waals surface area (Å²) in [5.41, 5.74) is 0.979. The molecule has 1 rings (SSSR count). The molecule has 1 aromatic rings. The maximum absolute atomic E-state index is 11.6. The second-order valence-corrected chi connectivity index (χ2v) is 4.29. The van der Waals surface area contributed by atoms with Gasteiger partial charge in [-0.3, -0.25) is 4.79 Å². The first kappa shape index (κ1) is 13.5. The number of rotatable bonds is 5. The van der Waals surface area contributed by atoms with E-state index in [0.29, 0.717) is 0 Å². The molecule has 17 heavy (non-hydrogen) atoms. The Bertz CT molecular complexity index is 371. The molecule has 92 valence electrons. The van der Waals surface area contributed by atoms with Gasteiger partial charge >= 0.3 is 0 Å². The van der Waals surface area contributed by atoms with Crippen molar-refractivity contribution in [2.45, 2.75) is 19.9 Å². The summed E-state index contributed by atoms with van der Waals surface area (Å²) in [5.74, 6) is 0.0377. The topological polar surface area (TPSA) is 49.3 Å². The lowest BCUT2D eigenvalue weighted by Crippen LogP contribution is -2.40. The highest BCUT2D eigenvalue weighted by Gasteiger charge is 2.12. The van der Waals surface area contributed by atoms with Crippen LogP contribution in [0.4, 0.5) is 0 Å². The minimum Gasteiger partial charge on any atom is -0.394 e. The van der Waals surface area contributed by atoms with Crippen molar-refractivity contribution in [3.05, 3.63) is 42.0 Å². The number of carbonyl (C=O) groups excluding carboxylic acids is 1. The summed E-state index contributed by atoms with van der Waals surface area (Å²) in [6.07, 6.45) is 3.24. The minimum absolute atomic E-state index is 0.0391. The zero-order chi connectivity index (χ0) is 12.7. The fourth-order valence-electron chi connectivity index (χ4n) is 1.39.